The van der Waals surface area contributed by atoms with Crippen molar-refractivity contribution in [3.05, 3.63) is 0 Å². The molecule has 0 aromatic carbocycles. The Hall–Kier alpha value is -0.610. The van der Waals surface area contributed by atoms with E-state index in [1.807, 2.05) is 0 Å². The Morgan fingerprint density at radius 1 is 1.32 bits per heavy atom. The zero-order valence-corrected chi connectivity index (χ0v) is 12.1. The van der Waals surface area contributed by atoms with Crippen LogP contribution in [-0.4, -0.2) is 49.8 Å². The minimum absolute atomic E-state index is 0.169. The van der Waals surface area contributed by atoms with Gasteiger partial charge in [-0.1, -0.05) is 5.92 Å². The Morgan fingerprint density at radius 3 is 2.63 bits per heavy atom. The van der Waals surface area contributed by atoms with E-state index in [4.69, 9.17) is 12.2 Å². The van der Waals surface area contributed by atoms with E-state index in [0.717, 1.165) is 25.7 Å². The zero-order valence-electron chi connectivity index (χ0n) is 11.3. The van der Waals surface area contributed by atoms with E-state index in [1.54, 1.807) is 4.31 Å². The van der Waals surface area contributed by atoms with E-state index >= 15 is 0 Å². The highest BCUT2D eigenvalue weighted by Gasteiger charge is 2.36. The maximum atomic E-state index is 12.6. The van der Waals surface area contributed by atoms with Crippen LogP contribution in [0.2, 0.25) is 0 Å². The molecule has 0 spiro atoms. The van der Waals surface area contributed by atoms with Crippen LogP contribution in [0.1, 0.15) is 25.7 Å². The lowest BCUT2D eigenvalue weighted by Crippen LogP contribution is -2.49. The average molecular weight is 285 g/mol. The van der Waals surface area contributed by atoms with Crippen LogP contribution in [0.5, 0.6) is 0 Å². The predicted octanol–water partition coefficient (Wildman–Crippen LogP) is 0.247. The fraction of sp³-hybridized carbons (Fsp3) is 0.846. The van der Waals surface area contributed by atoms with Gasteiger partial charge in [0.2, 0.25) is 0 Å². The number of hydrogen-bond donors (Lipinski definition) is 1. The van der Waals surface area contributed by atoms with E-state index in [1.165, 1.54) is 4.31 Å². The summed E-state index contributed by atoms with van der Waals surface area (Å²) >= 11 is 0. The molecule has 1 saturated heterocycles. The van der Waals surface area contributed by atoms with Crippen LogP contribution in [0.15, 0.2) is 0 Å². The maximum absolute atomic E-state index is 12.6. The summed E-state index contributed by atoms with van der Waals surface area (Å²) in [7, 11) is -3.42. The first-order valence-electron chi connectivity index (χ1n) is 6.96. The molecule has 2 rings (SSSR count). The predicted molar refractivity (Wildman–Crippen MR) is 75.4 cm³/mol. The first kappa shape index (κ1) is 14.8. The summed E-state index contributed by atoms with van der Waals surface area (Å²) in [6.07, 6.45) is 9.43. The third-order valence-corrected chi connectivity index (χ3v) is 5.81. The third-order valence-electron chi connectivity index (χ3n) is 3.89. The molecule has 1 saturated carbocycles. The number of rotatable bonds is 6. The smallest absolute Gasteiger partial charge is 0.282 e. The van der Waals surface area contributed by atoms with Crippen molar-refractivity contribution in [1.82, 2.24) is 8.61 Å². The van der Waals surface area contributed by atoms with E-state index < -0.39 is 10.2 Å². The van der Waals surface area contributed by atoms with Gasteiger partial charge in [0.05, 0.1) is 6.54 Å². The van der Waals surface area contributed by atoms with E-state index in [0.29, 0.717) is 32.1 Å². The van der Waals surface area contributed by atoms with Crippen LogP contribution >= 0.6 is 0 Å². The van der Waals surface area contributed by atoms with Gasteiger partial charge in [0.15, 0.2) is 0 Å². The van der Waals surface area contributed by atoms with Crippen molar-refractivity contribution in [2.75, 3.05) is 32.7 Å². The number of piperidine rings is 1. The largest absolute Gasteiger partial charge is 0.330 e. The van der Waals surface area contributed by atoms with Gasteiger partial charge in [-0.25, -0.2) is 0 Å². The molecule has 0 amide bonds. The highest BCUT2D eigenvalue weighted by molar-refractivity contribution is 7.86. The van der Waals surface area contributed by atoms with Gasteiger partial charge in [-0.2, -0.15) is 17.0 Å². The van der Waals surface area contributed by atoms with Crippen LogP contribution in [0.4, 0.5) is 0 Å². The molecule has 2 aliphatic rings. The van der Waals surface area contributed by atoms with Crippen molar-refractivity contribution < 1.29 is 8.42 Å². The number of nitrogens with two attached hydrogens (primary N) is 1. The second kappa shape index (κ2) is 6.23. The van der Waals surface area contributed by atoms with Gasteiger partial charge in [0.1, 0.15) is 0 Å². The van der Waals surface area contributed by atoms with Gasteiger partial charge < -0.3 is 5.73 Å². The molecule has 1 aliphatic heterocycles. The number of hydrogen-bond acceptors (Lipinski definition) is 3. The van der Waals surface area contributed by atoms with Crippen molar-refractivity contribution in [3.63, 3.8) is 0 Å². The molecule has 5 nitrogen and oxygen atoms in total. The van der Waals surface area contributed by atoms with Crippen molar-refractivity contribution in [1.29, 1.82) is 0 Å². The third kappa shape index (κ3) is 3.69. The lowest BCUT2D eigenvalue weighted by molar-refractivity contribution is 0.252. The van der Waals surface area contributed by atoms with Crippen molar-refractivity contribution in [3.8, 4) is 12.3 Å². The lowest BCUT2D eigenvalue weighted by Gasteiger charge is -2.34. The molecule has 0 bridgehead atoms. The quantitative estimate of drug-likeness (QED) is 0.711. The number of nitrogens with zero attached hydrogens (tertiary/aromatic N) is 2. The van der Waals surface area contributed by atoms with Crippen LogP contribution in [0, 0.1) is 24.2 Å². The molecule has 1 atom stereocenters. The molecular formula is C13H23N3O2S. The summed E-state index contributed by atoms with van der Waals surface area (Å²) in [6, 6.07) is 0. The second-order valence-corrected chi connectivity index (χ2v) is 7.48. The van der Waals surface area contributed by atoms with Crippen molar-refractivity contribution in [2.45, 2.75) is 25.7 Å². The van der Waals surface area contributed by atoms with Gasteiger partial charge in [-0.05, 0) is 44.1 Å². The van der Waals surface area contributed by atoms with E-state index in [9.17, 15) is 8.42 Å². The molecule has 0 aromatic heterocycles. The first-order chi connectivity index (χ1) is 9.07. The lowest BCUT2D eigenvalue weighted by atomic mass is 10.0. The second-order valence-electron chi connectivity index (χ2n) is 5.55. The summed E-state index contributed by atoms with van der Waals surface area (Å²) in [4.78, 5) is 0. The highest BCUT2D eigenvalue weighted by atomic mass is 32.2. The van der Waals surface area contributed by atoms with Gasteiger partial charge in [-0.3, -0.25) is 0 Å². The topological polar surface area (TPSA) is 66.6 Å². The standard InChI is InChI=1S/C13H23N3O2S/c1-2-7-15(10-12-5-6-12)19(17,18)16-8-3-4-13(9-14)11-16/h1,12-13H,3-11,14H2. The molecule has 0 radical (unpaired) electrons. The molecule has 1 aliphatic carbocycles. The molecule has 108 valence electrons. The monoisotopic (exact) mass is 285 g/mol. The zero-order chi connectivity index (χ0) is 13.9. The number of terminal acetylenes is 1. The van der Waals surface area contributed by atoms with Crippen molar-refractivity contribution >= 4 is 10.2 Å². The molecule has 6 heteroatoms. The summed E-state index contributed by atoms with van der Waals surface area (Å²) in [6.45, 7) is 2.40. The Bertz CT molecular complexity index is 439. The van der Waals surface area contributed by atoms with Crippen LogP contribution in [-0.2, 0) is 10.2 Å². The summed E-state index contributed by atoms with van der Waals surface area (Å²) in [5.74, 6) is 3.24. The van der Waals surface area contributed by atoms with Gasteiger partial charge in [0.25, 0.3) is 10.2 Å². The Labute approximate surface area is 116 Å². The van der Waals surface area contributed by atoms with E-state index in [-0.39, 0.29) is 12.5 Å². The van der Waals surface area contributed by atoms with E-state index in [2.05, 4.69) is 5.92 Å². The van der Waals surface area contributed by atoms with Crippen LogP contribution in [0.25, 0.3) is 0 Å². The average Bonchev–Trinajstić information content (AvgIpc) is 3.22. The summed E-state index contributed by atoms with van der Waals surface area (Å²) < 4.78 is 28.3. The molecule has 1 unspecified atom stereocenters. The van der Waals surface area contributed by atoms with Crippen LogP contribution < -0.4 is 5.73 Å². The minimum atomic E-state index is -3.42. The first-order valence-corrected chi connectivity index (χ1v) is 8.36. The highest BCUT2D eigenvalue weighted by Crippen LogP contribution is 2.31. The SMILES string of the molecule is C#CCN(CC1CC1)S(=O)(=O)N1CCCC(CN)C1. The fourth-order valence-electron chi connectivity index (χ4n) is 2.52. The maximum Gasteiger partial charge on any atom is 0.282 e. The molecule has 2 N–H and O–H groups in total. The van der Waals surface area contributed by atoms with Crippen molar-refractivity contribution in [2.24, 2.45) is 17.6 Å². The molecule has 19 heavy (non-hydrogen) atoms. The van der Waals surface area contributed by atoms with Gasteiger partial charge in [-0.15, -0.1) is 6.42 Å². The summed E-state index contributed by atoms with van der Waals surface area (Å²) in [5.41, 5.74) is 5.67. The van der Waals surface area contributed by atoms with Gasteiger partial charge >= 0.3 is 0 Å². The van der Waals surface area contributed by atoms with Gasteiger partial charge in [0, 0.05) is 19.6 Å². The fourth-order valence-corrected chi connectivity index (χ4v) is 4.25. The van der Waals surface area contributed by atoms with Crippen LogP contribution in [0.3, 0.4) is 0 Å². The normalized spacial score (nSPS) is 25.4. The molecule has 2 fully saturated rings. The Balaban J connectivity index is 2.06. The minimum Gasteiger partial charge on any atom is -0.330 e. The Kier molecular flexibility index (Phi) is 4.85. The molecule has 0 aromatic rings. The molecule has 1 heterocycles. The Morgan fingerprint density at radius 2 is 2.05 bits per heavy atom. The molecular weight excluding hydrogens is 262 g/mol. The summed E-state index contributed by atoms with van der Waals surface area (Å²) in [5, 5.41) is 0.